The molecule has 0 aliphatic carbocycles. The molecule has 1 aromatic carbocycles. The zero-order chi connectivity index (χ0) is 12.5. The summed E-state index contributed by atoms with van der Waals surface area (Å²) in [6, 6.07) is 9.78. The van der Waals surface area contributed by atoms with Gasteiger partial charge in [0, 0.05) is 20.8 Å². The van der Waals surface area contributed by atoms with Crippen molar-refractivity contribution in [2.75, 3.05) is 27.4 Å². The van der Waals surface area contributed by atoms with E-state index < -0.39 is 0 Å². The maximum absolute atomic E-state index is 9.07. The van der Waals surface area contributed by atoms with Crippen LogP contribution in [-0.2, 0) is 16.1 Å². The highest BCUT2D eigenvalue weighted by Crippen LogP contribution is 2.13. The molecule has 0 heterocycles. The summed E-state index contributed by atoms with van der Waals surface area (Å²) in [6.07, 6.45) is 0. The minimum atomic E-state index is -0.290. The standard InChI is InChI=1S/C13H18N2O2/c1-16-8-7-15-13(9-14)12-5-3-11(4-6-12)10-17-2/h3-6,13,15H,7-8,10H2,1-2H3. The Bertz CT molecular complexity index is 357. The molecule has 0 amide bonds. The van der Waals surface area contributed by atoms with Crippen LogP contribution < -0.4 is 5.32 Å². The van der Waals surface area contributed by atoms with Crippen LogP contribution >= 0.6 is 0 Å². The maximum atomic E-state index is 9.07. The first-order chi connectivity index (χ1) is 8.31. The smallest absolute Gasteiger partial charge is 0.121 e. The Hall–Kier alpha value is -1.41. The van der Waals surface area contributed by atoms with E-state index in [2.05, 4.69) is 11.4 Å². The van der Waals surface area contributed by atoms with Gasteiger partial charge in [0.2, 0.25) is 0 Å². The molecule has 92 valence electrons. The van der Waals surface area contributed by atoms with Gasteiger partial charge < -0.3 is 9.47 Å². The van der Waals surface area contributed by atoms with Crippen molar-refractivity contribution in [2.24, 2.45) is 0 Å². The highest BCUT2D eigenvalue weighted by atomic mass is 16.5. The predicted octanol–water partition coefficient (Wildman–Crippen LogP) is 1.63. The average Bonchev–Trinajstić information content (AvgIpc) is 2.36. The molecule has 0 saturated heterocycles. The number of hydrogen-bond acceptors (Lipinski definition) is 4. The van der Waals surface area contributed by atoms with Crippen molar-refractivity contribution in [3.05, 3.63) is 35.4 Å². The number of rotatable bonds is 7. The van der Waals surface area contributed by atoms with Crippen molar-refractivity contribution in [1.29, 1.82) is 5.26 Å². The molecule has 0 saturated carbocycles. The second-order valence-electron chi connectivity index (χ2n) is 3.68. The SMILES string of the molecule is COCCNC(C#N)c1ccc(COC)cc1. The van der Waals surface area contributed by atoms with Gasteiger partial charge in [-0.1, -0.05) is 24.3 Å². The van der Waals surface area contributed by atoms with E-state index in [1.165, 1.54) is 0 Å². The van der Waals surface area contributed by atoms with Crippen molar-refractivity contribution in [1.82, 2.24) is 5.32 Å². The number of ether oxygens (including phenoxy) is 2. The molecule has 1 N–H and O–H groups in total. The molecule has 0 aliphatic rings. The van der Waals surface area contributed by atoms with Crippen molar-refractivity contribution in [3.8, 4) is 6.07 Å². The molecule has 1 rings (SSSR count). The summed E-state index contributed by atoms with van der Waals surface area (Å²) in [7, 11) is 3.31. The number of hydrogen-bond donors (Lipinski definition) is 1. The topological polar surface area (TPSA) is 54.3 Å². The van der Waals surface area contributed by atoms with Gasteiger partial charge in [0.1, 0.15) is 6.04 Å². The lowest BCUT2D eigenvalue weighted by molar-refractivity contribution is 0.185. The molecule has 1 atom stereocenters. The van der Waals surface area contributed by atoms with Gasteiger partial charge in [0.05, 0.1) is 19.3 Å². The van der Waals surface area contributed by atoms with Crippen LogP contribution in [0.5, 0.6) is 0 Å². The van der Waals surface area contributed by atoms with E-state index in [-0.39, 0.29) is 6.04 Å². The van der Waals surface area contributed by atoms with Crippen LogP contribution in [0.25, 0.3) is 0 Å². The molecule has 4 heteroatoms. The van der Waals surface area contributed by atoms with Crippen molar-refractivity contribution >= 4 is 0 Å². The molecule has 0 fully saturated rings. The zero-order valence-corrected chi connectivity index (χ0v) is 10.3. The van der Waals surface area contributed by atoms with E-state index in [1.807, 2.05) is 24.3 Å². The first kappa shape index (κ1) is 13.7. The van der Waals surface area contributed by atoms with Crippen LogP contribution in [0.1, 0.15) is 17.2 Å². The van der Waals surface area contributed by atoms with Gasteiger partial charge >= 0.3 is 0 Å². The van der Waals surface area contributed by atoms with Crippen LogP contribution in [0.3, 0.4) is 0 Å². The van der Waals surface area contributed by atoms with Gasteiger partial charge in [0.25, 0.3) is 0 Å². The minimum absolute atomic E-state index is 0.290. The summed E-state index contributed by atoms with van der Waals surface area (Å²) in [5.74, 6) is 0. The van der Waals surface area contributed by atoms with Crippen LogP contribution in [0.4, 0.5) is 0 Å². The van der Waals surface area contributed by atoms with Crippen LogP contribution in [0, 0.1) is 11.3 Å². The van der Waals surface area contributed by atoms with Gasteiger partial charge in [-0.2, -0.15) is 5.26 Å². The lowest BCUT2D eigenvalue weighted by Crippen LogP contribution is -2.23. The number of nitrogens with one attached hydrogen (secondary N) is 1. The molecular weight excluding hydrogens is 216 g/mol. The second-order valence-corrected chi connectivity index (χ2v) is 3.68. The quantitative estimate of drug-likeness (QED) is 0.729. The van der Waals surface area contributed by atoms with E-state index in [1.54, 1.807) is 14.2 Å². The summed E-state index contributed by atoms with van der Waals surface area (Å²) in [5, 5.41) is 12.2. The van der Waals surface area contributed by atoms with Gasteiger partial charge in [0.15, 0.2) is 0 Å². The number of benzene rings is 1. The number of nitrogens with zero attached hydrogens (tertiary/aromatic N) is 1. The van der Waals surface area contributed by atoms with E-state index in [0.717, 1.165) is 11.1 Å². The maximum Gasteiger partial charge on any atom is 0.121 e. The normalized spacial score (nSPS) is 12.1. The lowest BCUT2D eigenvalue weighted by atomic mass is 10.1. The molecular formula is C13H18N2O2. The summed E-state index contributed by atoms with van der Waals surface area (Å²) >= 11 is 0. The predicted molar refractivity (Wildman–Crippen MR) is 65.4 cm³/mol. The molecule has 0 aliphatic heterocycles. The zero-order valence-electron chi connectivity index (χ0n) is 10.3. The summed E-state index contributed by atoms with van der Waals surface area (Å²) in [4.78, 5) is 0. The van der Waals surface area contributed by atoms with Crippen LogP contribution in [-0.4, -0.2) is 27.4 Å². The molecule has 0 aromatic heterocycles. The fraction of sp³-hybridized carbons (Fsp3) is 0.462. The number of methoxy groups -OCH3 is 2. The monoisotopic (exact) mass is 234 g/mol. The Morgan fingerprint density at radius 2 is 1.94 bits per heavy atom. The Morgan fingerprint density at radius 3 is 2.47 bits per heavy atom. The van der Waals surface area contributed by atoms with E-state index in [4.69, 9.17) is 14.7 Å². The molecule has 1 unspecified atom stereocenters. The lowest BCUT2D eigenvalue weighted by Gasteiger charge is -2.12. The Morgan fingerprint density at radius 1 is 1.24 bits per heavy atom. The van der Waals surface area contributed by atoms with Crippen molar-refractivity contribution in [2.45, 2.75) is 12.6 Å². The van der Waals surface area contributed by atoms with E-state index in [9.17, 15) is 0 Å². The molecule has 4 nitrogen and oxygen atoms in total. The second kappa shape index (κ2) is 7.80. The third kappa shape index (κ3) is 4.53. The van der Waals surface area contributed by atoms with E-state index in [0.29, 0.717) is 19.8 Å². The molecule has 0 radical (unpaired) electrons. The van der Waals surface area contributed by atoms with Crippen molar-refractivity contribution < 1.29 is 9.47 Å². The van der Waals surface area contributed by atoms with E-state index >= 15 is 0 Å². The highest BCUT2D eigenvalue weighted by molar-refractivity contribution is 5.27. The minimum Gasteiger partial charge on any atom is -0.383 e. The largest absolute Gasteiger partial charge is 0.383 e. The van der Waals surface area contributed by atoms with Gasteiger partial charge in [-0.25, -0.2) is 0 Å². The van der Waals surface area contributed by atoms with Crippen molar-refractivity contribution in [3.63, 3.8) is 0 Å². The summed E-state index contributed by atoms with van der Waals surface area (Å²) < 4.78 is 9.97. The third-order valence-electron chi connectivity index (χ3n) is 2.41. The molecule has 0 spiro atoms. The Labute approximate surface area is 102 Å². The molecule has 1 aromatic rings. The highest BCUT2D eigenvalue weighted by Gasteiger charge is 2.08. The fourth-order valence-electron chi connectivity index (χ4n) is 1.52. The summed E-state index contributed by atoms with van der Waals surface area (Å²) in [5.41, 5.74) is 2.06. The average molecular weight is 234 g/mol. The summed E-state index contributed by atoms with van der Waals surface area (Å²) in [6.45, 7) is 1.85. The molecule has 17 heavy (non-hydrogen) atoms. The Kier molecular flexibility index (Phi) is 6.26. The first-order valence-electron chi connectivity index (χ1n) is 5.51. The van der Waals surface area contributed by atoms with Crippen LogP contribution in [0.15, 0.2) is 24.3 Å². The van der Waals surface area contributed by atoms with Gasteiger partial charge in [-0.3, -0.25) is 5.32 Å². The number of nitriles is 1. The first-order valence-corrected chi connectivity index (χ1v) is 5.51. The van der Waals surface area contributed by atoms with Crippen LogP contribution in [0.2, 0.25) is 0 Å². The van der Waals surface area contributed by atoms with Gasteiger partial charge in [-0.05, 0) is 11.1 Å². The molecule has 0 bridgehead atoms. The fourth-order valence-corrected chi connectivity index (χ4v) is 1.52. The van der Waals surface area contributed by atoms with Gasteiger partial charge in [-0.15, -0.1) is 0 Å². The third-order valence-corrected chi connectivity index (χ3v) is 2.41. The Balaban J connectivity index is 2.59.